The summed E-state index contributed by atoms with van der Waals surface area (Å²) >= 11 is 0. The summed E-state index contributed by atoms with van der Waals surface area (Å²) in [7, 11) is 0. The minimum absolute atomic E-state index is 0.157. The summed E-state index contributed by atoms with van der Waals surface area (Å²) in [5.41, 5.74) is 1.24. The molecule has 3 aromatic rings. The number of carbonyl (C=O) groups is 1. The van der Waals surface area contributed by atoms with Gasteiger partial charge in [0.25, 0.3) is 5.91 Å². The highest BCUT2D eigenvalue weighted by atomic mass is 19.1. The van der Waals surface area contributed by atoms with Gasteiger partial charge in [-0.1, -0.05) is 12.1 Å². The summed E-state index contributed by atoms with van der Waals surface area (Å²) in [4.78, 5) is 30.8. The summed E-state index contributed by atoms with van der Waals surface area (Å²) in [6.45, 7) is 4.99. The number of hydrogen-bond donors (Lipinski definition) is 1. The molecule has 0 radical (unpaired) electrons. The van der Waals surface area contributed by atoms with E-state index < -0.39 is 5.54 Å². The second-order valence-electron chi connectivity index (χ2n) is 9.80. The van der Waals surface area contributed by atoms with Gasteiger partial charge in [-0.3, -0.25) is 9.59 Å². The van der Waals surface area contributed by atoms with Crippen molar-refractivity contribution in [1.82, 2.24) is 10.2 Å². The van der Waals surface area contributed by atoms with Crippen LogP contribution < -0.4 is 15.6 Å². The molecule has 3 aliphatic heterocycles. The lowest BCUT2D eigenvalue weighted by atomic mass is 9.80. The maximum absolute atomic E-state index is 14.4. The molecule has 1 aromatic heterocycles. The molecular formula is C28H30FN3O5. The maximum atomic E-state index is 14.4. The Hall–Kier alpha value is -3.27. The van der Waals surface area contributed by atoms with E-state index >= 15 is 0 Å². The molecule has 1 atom stereocenters. The fourth-order valence-corrected chi connectivity index (χ4v) is 5.70. The van der Waals surface area contributed by atoms with Crippen LogP contribution in [0.3, 0.4) is 0 Å². The van der Waals surface area contributed by atoms with E-state index in [1.54, 1.807) is 17.0 Å². The van der Waals surface area contributed by atoms with E-state index in [2.05, 4.69) is 5.32 Å². The first-order chi connectivity index (χ1) is 18.0. The van der Waals surface area contributed by atoms with Crippen LogP contribution in [-0.4, -0.2) is 70.0 Å². The van der Waals surface area contributed by atoms with E-state index in [1.165, 1.54) is 18.2 Å². The molecule has 6 rings (SSSR count). The average molecular weight is 508 g/mol. The molecule has 0 saturated carbocycles. The Morgan fingerprint density at radius 2 is 1.73 bits per heavy atom. The van der Waals surface area contributed by atoms with Crippen molar-refractivity contribution in [2.24, 2.45) is 0 Å². The lowest BCUT2D eigenvalue weighted by molar-refractivity contribution is 0.0303. The number of halogens is 1. The van der Waals surface area contributed by atoms with Gasteiger partial charge in [0.1, 0.15) is 11.4 Å². The molecule has 8 nitrogen and oxygen atoms in total. The summed E-state index contributed by atoms with van der Waals surface area (Å²) in [5.74, 6) is -0.0249. The SMILES string of the molecule is O=C(c1cc([C@@]2(c3cccc(F)c3)CCCN2)c2oc(N3CCOCC3)cc(=O)c2c1)N1CCOCC1. The summed E-state index contributed by atoms with van der Waals surface area (Å²) in [5, 5.41) is 3.92. The van der Waals surface area contributed by atoms with Crippen molar-refractivity contribution in [2.45, 2.75) is 18.4 Å². The van der Waals surface area contributed by atoms with Gasteiger partial charge in [0.05, 0.1) is 37.4 Å². The van der Waals surface area contributed by atoms with Gasteiger partial charge in [-0.15, -0.1) is 0 Å². The summed E-state index contributed by atoms with van der Waals surface area (Å²) in [6.07, 6.45) is 1.53. The van der Waals surface area contributed by atoms with Gasteiger partial charge in [0.2, 0.25) is 0 Å². The van der Waals surface area contributed by atoms with Crippen LogP contribution >= 0.6 is 0 Å². The second-order valence-corrected chi connectivity index (χ2v) is 9.80. The fraction of sp³-hybridized carbons (Fsp3) is 0.429. The number of nitrogens with one attached hydrogen (secondary N) is 1. The van der Waals surface area contributed by atoms with E-state index in [-0.39, 0.29) is 17.2 Å². The molecule has 4 heterocycles. The Labute approximate surface area is 213 Å². The predicted octanol–water partition coefficient (Wildman–Crippen LogP) is 2.87. The standard InChI is InChI=1S/C28H30FN3O5/c29-21-4-1-3-20(17-21)28(5-2-6-30-28)23-16-19(27(34)32-9-13-36-14-10-32)15-22-24(33)18-25(37-26(22)23)31-7-11-35-12-8-31/h1,3-4,15-18,30H,2,5-14H2/t28-/m0/s1. The van der Waals surface area contributed by atoms with Crippen molar-refractivity contribution >= 4 is 22.8 Å². The molecule has 2 aromatic carbocycles. The van der Waals surface area contributed by atoms with Crippen LogP contribution in [0.25, 0.3) is 11.0 Å². The van der Waals surface area contributed by atoms with E-state index in [0.717, 1.165) is 12.0 Å². The van der Waals surface area contributed by atoms with E-state index in [4.69, 9.17) is 13.9 Å². The Bertz CT molecular complexity index is 1370. The Kier molecular flexibility index (Phi) is 6.44. The van der Waals surface area contributed by atoms with Crippen molar-refractivity contribution < 1.29 is 23.1 Å². The van der Waals surface area contributed by atoms with Crippen LogP contribution in [0.1, 0.15) is 34.3 Å². The van der Waals surface area contributed by atoms with Gasteiger partial charge in [-0.05, 0) is 49.2 Å². The molecule has 0 bridgehead atoms. The third-order valence-corrected chi connectivity index (χ3v) is 7.62. The minimum atomic E-state index is -0.804. The highest BCUT2D eigenvalue weighted by Gasteiger charge is 2.40. The molecule has 0 spiro atoms. The lowest BCUT2D eigenvalue weighted by Gasteiger charge is -2.33. The van der Waals surface area contributed by atoms with Gasteiger partial charge >= 0.3 is 0 Å². The average Bonchev–Trinajstić information content (AvgIpc) is 3.44. The van der Waals surface area contributed by atoms with Crippen LogP contribution in [0, 0.1) is 5.82 Å². The summed E-state index contributed by atoms with van der Waals surface area (Å²) < 4.78 is 31.8. The van der Waals surface area contributed by atoms with Crippen LogP contribution in [0.15, 0.2) is 51.7 Å². The van der Waals surface area contributed by atoms with Crippen molar-refractivity contribution in [1.29, 1.82) is 0 Å². The number of anilines is 1. The van der Waals surface area contributed by atoms with Gasteiger partial charge < -0.3 is 29.0 Å². The first-order valence-electron chi connectivity index (χ1n) is 12.9. The molecule has 3 aliphatic rings. The Morgan fingerprint density at radius 1 is 0.973 bits per heavy atom. The molecule has 1 amide bonds. The number of ether oxygens (including phenoxy) is 2. The van der Waals surface area contributed by atoms with Crippen molar-refractivity contribution in [2.75, 3.05) is 64.1 Å². The van der Waals surface area contributed by atoms with Crippen LogP contribution in [0.4, 0.5) is 10.3 Å². The van der Waals surface area contributed by atoms with Crippen LogP contribution in [-0.2, 0) is 15.0 Å². The number of fused-ring (bicyclic) bond motifs is 1. The van der Waals surface area contributed by atoms with Crippen molar-refractivity contribution in [3.8, 4) is 0 Å². The van der Waals surface area contributed by atoms with Gasteiger partial charge in [-0.2, -0.15) is 0 Å². The number of benzene rings is 2. The molecule has 1 N–H and O–H groups in total. The summed E-state index contributed by atoms with van der Waals surface area (Å²) in [6, 6.07) is 11.5. The molecular weight excluding hydrogens is 477 g/mol. The largest absolute Gasteiger partial charge is 0.440 e. The smallest absolute Gasteiger partial charge is 0.254 e. The van der Waals surface area contributed by atoms with Crippen molar-refractivity contribution in [3.05, 3.63) is 75.2 Å². The second kappa shape index (κ2) is 9.89. The van der Waals surface area contributed by atoms with Gasteiger partial charge in [0.15, 0.2) is 11.3 Å². The zero-order valence-electron chi connectivity index (χ0n) is 20.6. The number of morpholine rings is 2. The topological polar surface area (TPSA) is 84.2 Å². The maximum Gasteiger partial charge on any atom is 0.254 e. The third kappa shape index (κ3) is 4.41. The van der Waals surface area contributed by atoms with Crippen LogP contribution in [0.2, 0.25) is 0 Å². The molecule has 0 aliphatic carbocycles. The molecule has 9 heteroatoms. The normalized spacial score (nSPS) is 22.5. The Balaban J connectivity index is 1.58. The third-order valence-electron chi connectivity index (χ3n) is 7.62. The monoisotopic (exact) mass is 507 g/mol. The highest BCUT2D eigenvalue weighted by molar-refractivity contribution is 5.99. The highest BCUT2D eigenvalue weighted by Crippen LogP contribution is 2.42. The van der Waals surface area contributed by atoms with Gasteiger partial charge in [0, 0.05) is 43.4 Å². The zero-order chi connectivity index (χ0) is 25.4. The number of carbonyl (C=O) groups excluding carboxylic acids is 1. The van der Waals surface area contributed by atoms with Crippen molar-refractivity contribution in [3.63, 3.8) is 0 Å². The number of nitrogens with zero attached hydrogens (tertiary/aromatic N) is 2. The lowest BCUT2D eigenvalue weighted by Crippen LogP contribution is -2.41. The molecule has 3 fully saturated rings. The number of rotatable bonds is 4. The predicted molar refractivity (Wildman–Crippen MR) is 137 cm³/mol. The minimum Gasteiger partial charge on any atom is -0.440 e. The van der Waals surface area contributed by atoms with E-state index in [0.29, 0.717) is 93.6 Å². The Morgan fingerprint density at radius 3 is 2.43 bits per heavy atom. The molecule has 3 saturated heterocycles. The number of hydrogen-bond acceptors (Lipinski definition) is 7. The molecule has 37 heavy (non-hydrogen) atoms. The fourth-order valence-electron chi connectivity index (χ4n) is 5.70. The molecule has 194 valence electrons. The van der Waals surface area contributed by atoms with Gasteiger partial charge in [-0.25, -0.2) is 4.39 Å². The first kappa shape index (κ1) is 24.1. The van der Waals surface area contributed by atoms with E-state index in [1.807, 2.05) is 17.0 Å². The quantitative estimate of drug-likeness (QED) is 0.582. The van der Waals surface area contributed by atoms with Crippen LogP contribution in [0.5, 0.6) is 0 Å². The molecule has 0 unspecified atom stereocenters. The first-order valence-corrected chi connectivity index (χ1v) is 12.9. The van der Waals surface area contributed by atoms with E-state index in [9.17, 15) is 14.0 Å². The zero-order valence-corrected chi connectivity index (χ0v) is 20.6. The number of amides is 1.